The van der Waals surface area contributed by atoms with E-state index in [0.717, 1.165) is 12.1 Å². The van der Waals surface area contributed by atoms with E-state index in [2.05, 4.69) is 0 Å². The maximum Gasteiger partial charge on any atom is 0.306 e. The Hall–Kier alpha value is -1.65. The van der Waals surface area contributed by atoms with Gasteiger partial charge in [0, 0.05) is 11.8 Å². The second kappa shape index (κ2) is 5.08. The van der Waals surface area contributed by atoms with Gasteiger partial charge in [0.1, 0.15) is 0 Å². The fourth-order valence-electron chi connectivity index (χ4n) is 0.670. The number of anilines is 1. The van der Waals surface area contributed by atoms with E-state index in [0.29, 0.717) is 0 Å². The Labute approximate surface area is 75.3 Å². The molecule has 0 aliphatic carbocycles. The average Bonchev–Trinajstić information content (AvgIpc) is 2.12. The minimum Gasteiger partial charge on any atom is -0.399 e. The molecule has 0 amide bonds. The Bertz CT molecular complexity index is 302. The first kappa shape index (κ1) is 11.4. The van der Waals surface area contributed by atoms with Crippen molar-refractivity contribution in [3.05, 3.63) is 34.1 Å². The van der Waals surface area contributed by atoms with Crippen LogP contribution in [0.1, 0.15) is 13.8 Å². The molecule has 72 valence electrons. The number of rotatable bonds is 1. The summed E-state index contributed by atoms with van der Waals surface area (Å²) in [6, 6.07) is 3.21. The van der Waals surface area contributed by atoms with Gasteiger partial charge in [-0.25, -0.2) is 0 Å². The minimum absolute atomic E-state index is 0.179. The summed E-state index contributed by atoms with van der Waals surface area (Å²) in [6.07, 6.45) is 0. The van der Waals surface area contributed by atoms with Gasteiger partial charge in [0.2, 0.25) is 5.82 Å². The number of nitro groups is 1. The lowest BCUT2D eigenvalue weighted by Crippen LogP contribution is -1.94. The van der Waals surface area contributed by atoms with Crippen molar-refractivity contribution in [3.8, 4) is 0 Å². The summed E-state index contributed by atoms with van der Waals surface area (Å²) in [5, 5.41) is 10.1. The van der Waals surface area contributed by atoms with Gasteiger partial charge >= 0.3 is 5.69 Å². The highest BCUT2D eigenvalue weighted by Crippen LogP contribution is 2.18. The van der Waals surface area contributed by atoms with Crippen molar-refractivity contribution in [2.75, 3.05) is 5.73 Å². The third-order valence-corrected chi connectivity index (χ3v) is 1.17. The van der Waals surface area contributed by atoms with Crippen LogP contribution in [-0.2, 0) is 0 Å². The molecular weight excluding hydrogens is 175 g/mol. The molecule has 0 aliphatic heterocycles. The van der Waals surface area contributed by atoms with E-state index in [-0.39, 0.29) is 5.69 Å². The zero-order valence-corrected chi connectivity index (χ0v) is 7.45. The summed E-state index contributed by atoms with van der Waals surface area (Å²) in [5.74, 6) is -0.871. The average molecular weight is 186 g/mol. The van der Waals surface area contributed by atoms with Crippen LogP contribution >= 0.6 is 0 Å². The van der Waals surface area contributed by atoms with Crippen LogP contribution in [0.4, 0.5) is 15.8 Å². The molecule has 5 heteroatoms. The maximum atomic E-state index is 12.5. The van der Waals surface area contributed by atoms with Crippen molar-refractivity contribution in [1.82, 2.24) is 0 Å². The third kappa shape index (κ3) is 3.06. The van der Waals surface area contributed by atoms with Crippen molar-refractivity contribution in [3.63, 3.8) is 0 Å². The van der Waals surface area contributed by atoms with E-state index in [9.17, 15) is 14.5 Å². The first-order valence-corrected chi connectivity index (χ1v) is 3.80. The molecule has 0 unspecified atom stereocenters. The molecular formula is C8H11FN2O2. The third-order valence-electron chi connectivity index (χ3n) is 1.17. The lowest BCUT2D eigenvalue weighted by Gasteiger charge is -1.93. The highest BCUT2D eigenvalue weighted by molar-refractivity contribution is 5.47. The summed E-state index contributed by atoms with van der Waals surface area (Å²) in [6.45, 7) is 4.00. The van der Waals surface area contributed by atoms with Gasteiger partial charge in [0.15, 0.2) is 0 Å². The van der Waals surface area contributed by atoms with E-state index in [1.807, 2.05) is 13.8 Å². The summed E-state index contributed by atoms with van der Waals surface area (Å²) in [5.41, 5.74) is 4.78. The Balaban J connectivity index is 0.000000671. The molecule has 0 aliphatic rings. The van der Waals surface area contributed by atoms with Crippen LogP contribution in [0.3, 0.4) is 0 Å². The molecule has 0 fully saturated rings. The van der Waals surface area contributed by atoms with Gasteiger partial charge in [-0.3, -0.25) is 10.1 Å². The van der Waals surface area contributed by atoms with Gasteiger partial charge in [-0.15, -0.1) is 0 Å². The maximum absolute atomic E-state index is 12.5. The van der Waals surface area contributed by atoms with Crippen LogP contribution in [0.25, 0.3) is 0 Å². The SMILES string of the molecule is CC.Nc1ccc(F)c([N+](=O)[O-])c1. The molecule has 0 bridgehead atoms. The lowest BCUT2D eigenvalue weighted by atomic mass is 10.3. The molecule has 0 aromatic heterocycles. The Kier molecular flexibility index (Phi) is 4.43. The summed E-state index contributed by atoms with van der Waals surface area (Å²) < 4.78 is 12.5. The quantitative estimate of drug-likeness (QED) is 0.415. The number of hydrogen-bond acceptors (Lipinski definition) is 3. The van der Waals surface area contributed by atoms with E-state index < -0.39 is 16.4 Å². The van der Waals surface area contributed by atoms with Gasteiger partial charge in [-0.2, -0.15) is 4.39 Å². The molecule has 13 heavy (non-hydrogen) atoms. The molecule has 0 saturated carbocycles. The zero-order chi connectivity index (χ0) is 10.4. The zero-order valence-electron chi connectivity index (χ0n) is 7.45. The first-order valence-electron chi connectivity index (χ1n) is 3.80. The summed E-state index contributed by atoms with van der Waals surface area (Å²) in [7, 11) is 0. The van der Waals surface area contributed by atoms with E-state index in [1.54, 1.807) is 0 Å². The number of benzene rings is 1. The van der Waals surface area contributed by atoms with Gasteiger partial charge < -0.3 is 5.73 Å². The van der Waals surface area contributed by atoms with Crippen LogP contribution in [-0.4, -0.2) is 4.92 Å². The Morgan fingerprint density at radius 1 is 1.46 bits per heavy atom. The van der Waals surface area contributed by atoms with Gasteiger partial charge in [0.25, 0.3) is 0 Å². The molecule has 0 spiro atoms. The summed E-state index contributed by atoms with van der Waals surface area (Å²) >= 11 is 0. The number of nitrogens with two attached hydrogens (primary N) is 1. The number of halogens is 1. The smallest absolute Gasteiger partial charge is 0.306 e. The molecule has 1 aromatic rings. The van der Waals surface area contributed by atoms with Crippen LogP contribution in [0.5, 0.6) is 0 Å². The van der Waals surface area contributed by atoms with Crippen LogP contribution in [0, 0.1) is 15.9 Å². The first-order chi connectivity index (χ1) is 6.11. The standard InChI is InChI=1S/C6H5FN2O2.C2H6/c7-5-2-1-4(8)3-6(5)9(10)11;1-2/h1-3H,8H2;1-2H3. The van der Waals surface area contributed by atoms with Crippen molar-refractivity contribution in [2.45, 2.75) is 13.8 Å². The molecule has 0 radical (unpaired) electrons. The largest absolute Gasteiger partial charge is 0.399 e. The molecule has 0 saturated heterocycles. The number of nitrogen functional groups attached to an aromatic ring is 1. The van der Waals surface area contributed by atoms with E-state index in [1.165, 1.54) is 6.07 Å². The molecule has 1 rings (SSSR count). The fourth-order valence-corrected chi connectivity index (χ4v) is 0.670. The van der Waals surface area contributed by atoms with Gasteiger partial charge in [-0.1, -0.05) is 13.8 Å². The molecule has 1 aromatic carbocycles. The lowest BCUT2D eigenvalue weighted by molar-refractivity contribution is -0.387. The van der Waals surface area contributed by atoms with Crippen molar-refractivity contribution < 1.29 is 9.31 Å². The minimum atomic E-state index is -0.871. The monoisotopic (exact) mass is 186 g/mol. The van der Waals surface area contributed by atoms with Gasteiger partial charge in [0.05, 0.1) is 4.92 Å². The number of nitro benzene ring substituents is 1. The predicted octanol–water partition coefficient (Wildman–Crippen LogP) is 2.34. The highest BCUT2D eigenvalue weighted by atomic mass is 19.1. The van der Waals surface area contributed by atoms with Crippen molar-refractivity contribution >= 4 is 11.4 Å². The predicted molar refractivity (Wildman–Crippen MR) is 48.8 cm³/mol. The molecule has 0 heterocycles. The molecule has 2 N–H and O–H groups in total. The Morgan fingerprint density at radius 3 is 2.38 bits per heavy atom. The molecule has 4 nitrogen and oxygen atoms in total. The normalized spacial score (nSPS) is 8.54. The number of hydrogen-bond donors (Lipinski definition) is 1. The second-order valence-electron chi connectivity index (χ2n) is 1.97. The van der Waals surface area contributed by atoms with Gasteiger partial charge in [-0.05, 0) is 12.1 Å². The van der Waals surface area contributed by atoms with E-state index in [4.69, 9.17) is 5.73 Å². The van der Waals surface area contributed by atoms with Crippen molar-refractivity contribution in [1.29, 1.82) is 0 Å². The number of nitrogens with zero attached hydrogens (tertiary/aromatic N) is 1. The topological polar surface area (TPSA) is 69.2 Å². The van der Waals surface area contributed by atoms with Crippen LogP contribution in [0.2, 0.25) is 0 Å². The second-order valence-corrected chi connectivity index (χ2v) is 1.97. The van der Waals surface area contributed by atoms with Crippen LogP contribution < -0.4 is 5.73 Å². The summed E-state index contributed by atoms with van der Waals surface area (Å²) in [4.78, 5) is 9.27. The van der Waals surface area contributed by atoms with Crippen LogP contribution in [0.15, 0.2) is 18.2 Å². The fraction of sp³-hybridized carbons (Fsp3) is 0.250. The van der Waals surface area contributed by atoms with Crippen molar-refractivity contribution in [2.24, 2.45) is 0 Å². The van der Waals surface area contributed by atoms with E-state index >= 15 is 0 Å². The Morgan fingerprint density at radius 2 is 2.00 bits per heavy atom. The highest BCUT2D eigenvalue weighted by Gasteiger charge is 2.12. The molecule has 0 atom stereocenters.